The lowest BCUT2D eigenvalue weighted by molar-refractivity contribution is -0.0566. The van der Waals surface area contributed by atoms with Gasteiger partial charge in [-0.1, -0.05) is 6.08 Å². The first kappa shape index (κ1) is 9.00. The normalized spacial score (nSPS) is 49.6. The summed E-state index contributed by atoms with van der Waals surface area (Å²) >= 11 is 0. The summed E-state index contributed by atoms with van der Waals surface area (Å²) in [6.07, 6.45) is 14.2. The van der Waals surface area contributed by atoms with E-state index in [4.69, 9.17) is 0 Å². The van der Waals surface area contributed by atoms with E-state index < -0.39 is 0 Å². The Morgan fingerprint density at radius 2 is 1.50 bits per heavy atom. The molecule has 0 aliphatic heterocycles. The van der Waals surface area contributed by atoms with E-state index >= 15 is 0 Å². The van der Waals surface area contributed by atoms with Gasteiger partial charge in [0.1, 0.15) is 0 Å². The van der Waals surface area contributed by atoms with Gasteiger partial charge in [0.25, 0.3) is 0 Å². The van der Waals surface area contributed by atoms with Crippen molar-refractivity contribution in [3.63, 3.8) is 0 Å². The fourth-order valence-electron chi connectivity index (χ4n) is 5.00. The summed E-state index contributed by atoms with van der Waals surface area (Å²) in [4.78, 5) is 0. The molecule has 0 unspecified atom stereocenters. The first-order valence-electron chi connectivity index (χ1n) is 6.40. The van der Waals surface area contributed by atoms with Crippen molar-refractivity contribution in [1.29, 1.82) is 0 Å². The highest BCUT2D eigenvalue weighted by Gasteiger charge is 2.50. The van der Waals surface area contributed by atoms with Crippen molar-refractivity contribution in [1.82, 2.24) is 0 Å². The molecular formula is C14H22. The monoisotopic (exact) mass is 190 g/mol. The maximum Gasteiger partial charge on any atom is -0.0287 e. The maximum absolute atomic E-state index is 3.88. The average Bonchev–Trinajstić information content (AvgIpc) is 2.12. The van der Waals surface area contributed by atoms with Crippen molar-refractivity contribution >= 4 is 0 Å². The lowest BCUT2D eigenvalue weighted by Crippen LogP contribution is -2.45. The van der Waals surface area contributed by atoms with Gasteiger partial charge in [0, 0.05) is 0 Å². The Hall–Kier alpha value is -0.260. The van der Waals surface area contributed by atoms with E-state index in [9.17, 15) is 0 Å². The van der Waals surface area contributed by atoms with E-state index in [1.54, 1.807) is 38.5 Å². The first-order valence-corrected chi connectivity index (χ1v) is 6.40. The van der Waals surface area contributed by atoms with Crippen molar-refractivity contribution < 1.29 is 0 Å². The third-order valence-corrected chi connectivity index (χ3v) is 5.04. The Morgan fingerprint density at radius 1 is 1.00 bits per heavy atom. The summed E-state index contributed by atoms with van der Waals surface area (Å²) in [7, 11) is 0. The molecule has 0 nitrogen and oxygen atoms in total. The summed E-state index contributed by atoms with van der Waals surface area (Å²) in [5.74, 6) is 3.35. The minimum absolute atomic E-state index is 0.781. The quantitative estimate of drug-likeness (QED) is 0.586. The molecule has 78 valence electrons. The van der Waals surface area contributed by atoms with Crippen LogP contribution in [0.15, 0.2) is 12.7 Å². The Kier molecular flexibility index (Phi) is 2.00. The van der Waals surface area contributed by atoms with Gasteiger partial charge in [0.05, 0.1) is 0 Å². The molecule has 14 heavy (non-hydrogen) atoms. The van der Waals surface area contributed by atoms with E-state index in [0.717, 1.165) is 23.2 Å². The Labute approximate surface area is 87.8 Å². The van der Waals surface area contributed by atoms with E-state index in [2.05, 4.69) is 12.7 Å². The van der Waals surface area contributed by atoms with Gasteiger partial charge in [-0.05, 0) is 74.5 Å². The molecule has 0 atom stereocenters. The van der Waals surface area contributed by atoms with Gasteiger partial charge in [-0.3, -0.25) is 0 Å². The van der Waals surface area contributed by atoms with Gasteiger partial charge in [0.15, 0.2) is 0 Å². The third kappa shape index (κ3) is 1.34. The van der Waals surface area contributed by atoms with Crippen LogP contribution in [-0.2, 0) is 0 Å². The topological polar surface area (TPSA) is 0 Å². The van der Waals surface area contributed by atoms with Crippen LogP contribution in [0, 0.1) is 23.2 Å². The van der Waals surface area contributed by atoms with E-state index in [0.29, 0.717) is 0 Å². The molecule has 0 N–H and O–H groups in total. The molecule has 4 aliphatic carbocycles. The molecule has 0 aromatic rings. The molecule has 0 aromatic heterocycles. The van der Waals surface area contributed by atoms with E-state index in [1.807, 2.05) is 0 Å². The summed E-state index contributed by atoms with van der Waals surface area (Å²) < 4.78 is 0. The molecule has 0 heteroatoms. The Morgan fingerprint density at radius 3 is 1.93 bits per heavy atom. The van der Waals surface area contributed by atoms with Crippen LogP contribution >= 0.6 is 0 Å². The average molecular weight is 190 g/mol. The zero-order chi connectivity index (χ0) is 9.60. The van der Waals surface area contributed by atoms with Crippen molar-refractivity contribution in [3.05, 3.63) is 12.7 Å². The van der Waals surface area contributed by atoms with Crippen LogP contribution in [0.4, 0.5) is 0 Å². The molecular weight excluding hydrogens is 168 g/mol. The summed E-state index contributed by atoms with van der Waals surface area (Å²) in [6.45, 7) is 3.88. The maximum atomic E-state index is 3.88. The third-order valence-electron chi connectivity index (χ3n) is 5.04. The largest absolute Gasteiger partial charge is 0.103 e. The van der Waals surface area contributed by atoms with Gasteiger partial charge in [-0.25, -0.2) is 0 Å². The van der Waals surface area contributed by atoms with Crippen LogP contribution in [0.3, 0.4) is 0 Å². The molecule has 0 amide bonds. The second-order valence-electron chi connectivity index (χ2n) is 6.24. The van der Waals surface area contributed by atoms with E-state index in [1.165, 1.54) is 12.8 Å². The fraction of sp³-hybridized carbons (Fsp3) is 0.857. The van der Waals surface area contributed by atoms with Crippen LogP contribution in [0.5, 0.6) is 0 Å². The standard InChI is InChI=1S/C14H22/c1-2-3-4-14-8-11-5-12(9-14)7-13(6-11)10-14/h2,11-13H,1,3-10H2. The first-order chi connectivity index (χ1) is 6.80. The molecule has 4 fully saturated rings. The highest BCUT2D eigenvalue weighted by Crippen LogP contribution is 2.61. The second-order valence-corrected chi connectivity index (χ2v) is 6.24. The van der Waals surface area contributed by atoms with E-state index in [-0.39, 0.29) is 0 Å². The molecule has 4 rings (SSSR count). The number of rotatable bonds is 3. The van der Waals surface area contributed by atoms with Crippen LogP contribution in [0.25, 0.3) is 0 Å². The van der Waals surface area contributed by atoms with Gasteiger partial charge in [-0.15, -0.1) is 6.58 Å². The zero-order valence-corrected chi connectivity index (χ0v) is 9.17. The molecule has 0 saturated heterocycles. The van der Waals surface area contributed by atoms with Gasteiger partial charge in [-0.2, -0.15) is 0 Å². The lowest BCUT2D eigenvalue weighted by atomic mass is 9.48. The Bertz CT molecular complexity index is 203. The van der Waals surface area contributed by atoms with Crippen molar-refractivity contribution in [3.8, 4) is 0 Å². The predicted octanol–water partition coefficient (Wildman–Crippen LogP) is 4.17. The summed E-state index contributed by atoms with van der Waals surface area (Å²) in [5.41, 5.74) is 0.781. The minimum Gasteiger partial charge on any atom is -0.103 e. The molecule has 4 aliphatic rings. The molecule has 4 saturated carbocycles. The van der Waals surface area contributed by atoms with Gasteiger partial charge in [0.2, 0.25) is 0 Å². The van der Waals surface area contributed by atoms with Crippen molar-refractivity contribution in [2.75, 3.05) is 0 Å². The Balaban J connectivity index is 1.77. The highest BCUT2D eigenvalue weighted by atomic mass is 14.5. The van der Waals surface area contributed by atoms with Crippen LogP contribution in [0.2, 0.25) is 0 Å². The molecule has 0 spiro atoms. The van der Waals surface area contributed by atoms with Crippen LogP contribution in [0.1, 0.15) is 51.4 Å². The number of allylic oxidation sites excluding steroid dienone is 1. The fourth-order valence-corrected chi connectivity index (χ4v) is 5.00. The summed E-state index contributed by atoms with van der Waals surface area (Å²) in [6, 6.07) is 0. The zero-order valence-electron chi connectivity index (χ0n) is 9.17. The SMILES string of the molecule is C=CCCC12CC3CC(CC(C3)C1)C2. The van der Waals surface area contributed by atoms with Gasteiger partial charge >= 0.3 is 0 Å². The van der Waals surface area contributed by atoms with Crippen molar-refractivity contribution in [2.24, 2.45) is 23.2 Å². The number of hydrogen-bond donors (Lipinski definition) is 0. The number of hydrogen-bond acceptors (Lipinski definition) is 0. The molecule has 0 heterocycles. The van der Waals surface area contributed by atoms with Crippen molar-refractivity contribution in [2.45, 2.75) is 51.4 Å². The lowest BCUT2D eigenvalue weighted by Gasteiger charge is -2.57. The highest BCUT2D eigenvalue weighted by molar-refractivity contribution is 5.01. The summed E-state index contributed by atoms with van der Waals surface area (Å²) in [5, 5.41) is 0. The smallest absolute Gasteiger partial charge is 0.0287 e. The van der Waals surface area contributed by atoms with Crippen LogP contribution in [-0.4, -0.2) is 0 Å². The molecule has 0 aromatic carbocycles. The van der Waals surface area contributed by atoms with Crippen LogP contribution < -0.4 is 0 Å². The molecule has 0 radical (unpaired) electrons. The molecule has 4 bridgehead atoms. The predicted molar refractivity (Wildman–Crippen MR) is 60.0 cm³/mol. The second kappa shape index (κ2) is 3.12. The van der Waals surface area contributed by atoms with Gasteiger partial charge < -0.3 is 0 Å². The minimum atomic E-state index is 0.781.